The van der Waals surface area contributed by atoms with E-state index in [4.69, 9.17) is 16.2 Å². The number of aliphatic hydroxyl groups excluding tert-OH is 3. The fourth-order valence-corrected chi connectivity index (χ4v) is 6.22. The Morgan fingerprint density at radius 2 is 1.79 bits per heavy atom. The normalized spacial score (nSPS) is 13.7. The van der Waals surface area contributed by atoms with Gasteiger partial charge in [-0.1, -0.05) is 63.8 Å². The SMILES string of the molecule is CCCCC[C@H](C(=O)CCc1ccc(O)c(OCn2cc3[nH]cc(Cc4cc(C(N)N)ccc4CO)c3c2)c1)[C@H](O)C[C@H](O)CCC. The summed E-state index contributed by atoms with van der Waals surface area (Å²) in [5, 5.41) is 42.5. The number of aryl methyl sites for hydroxylation is 1. The molecule has 47 heavy (non-hydrogen) atoms. The van der Waals surface area contributed by atoms with E-state index >= 15 is 0 Å². The van der Waals surface area contributed by atoms with Crippen molar-refractivity contribution in [2.75, 3.05) is 0 Å². The van der Waals surface area contributed by atoms with Gasteiger partial charge in [0.2, 0.25) is 0 Å². The number of phenols is 1. The Kier molecular flexibility index (Phi) is 13.4. The number of unbranched alkanes of at least 4 members (excludes halogenated alkanes) is 2. The number of hydrogen-bond acceptors (Lipinski definition) is 8. The van der Waals surface area contributed by atoms with Crippen LogP contribution >= 0.6 is 0 Å². The molecule has 9 N–H and O–H groups in total. The number of nitrogens with two attached hydrogens (primary N) is 2. The van der Waals surface area contributed by atoms with Gasteiger partial charge in [0.15, 0.2) is 18.2 Å². The first-order valence-corrected chi connectivity index (χ1v) is 16.9. The Morgan fingerprint density at radius 1 is 0.979 bits per heavy atom. The van der Waals surface area contributed by atoms with Crippen molar-refractivity contribution < 1.29 is 30.0 Å². The Hall–Kier alpha value is -3.67. The first-order valence-electron chi connectivity index (χ1n) is 16.9. The highest BCUT2D eigenvalue weighted by molar-refractivity contribution is 5.83. The summed E-state index contributed by atoms with van der Waals surface area (Å²) in [4.78, 5) is 16.6. The van der Waals surface area contributed by atoms with Gasteiger partial charge in [-0.25, -0.2) is 0 Å². The summed E-state index contributed by atoms with van der Waals surface area (Å²) >= 11 is 0. The summed E-state index contributed by atoms with van der Waals surface area (Å²) in [5.74, 6) is -0.181. The molecule has 0 saturated carbocycles. The molecule has 4 rings (SSSR count). The van der Waals surface area contributed by atoms with Crippen LogP contribution in [0.3, 0.4) is 0 Å². The molecule has 4 aromatic rings. The first-order chi connectivity index (χ1) is 22.6. The van der Waals surface area contributed by atoms with E-state index in [0.717, 1.165) is 64.4 Å². The van der Waals surface area contributed by atoms with E-state index in [0.29, 0.717) is 31.4 Å². The lowest BCUT2D eigenvalue weighted by molar-refractivity contribution is -0.127. The van der Waals surface area contributed by atoms with E-state index in [-0.39, 0.29) is 37.7 Å². The number of benzene rings is 2. The van der Waals surface area contributed by atoms with Gasteiger partial charge < -0.3 is 46.2 Å². The molecule has 0 amide bonds. The predicted molar refractivity (Wildman–Crippen MR) is 184 cm³/mol. The van der Waals surface area contributed by atoms with Crippen molar-refractivity contribution in [3.63, 3.8) is 0 Å². The van der Waals surface area contributed by atoms with Crippen LogP contribution in [0.2, 0.25) is 0 Å². The average molecular weight is 649 g/mol. The van der Waals surface area contributed by atoms with E-state index in [9.17, 15) is 25.2 Å². The maximum Gasteiger partial charge on any atom is 0.165 e. The number of phenolic OH excluding ortho intramolecular Hbond substituents is 1. The number of nitrogens with zero attached hydrogens (tertiary/aromatic N) is 1. The summed E-state index contributed by atoms with van der Waals surface area (Å²) in [6.07, 6.45) is 10.2. The number of aliphatic hydroxyl groups is 3. The zero-order chi connectivity index (χ0) is 33.9. The molecule has 0 bridgehead atoms. The average Bonchev–Trinajstić information content (AvgIpc) is 3.63. The largest absolute Gasteiger partial charge is 0.504 e. The van der Waals surface area contributed by atoms with E-state index in [2.05, 4.69) is 11.9 Å². The Balaban J connectivity index is 1.39. The third-order valence-corrected chi connectivity index (χ3v) is 8.98. The number of rotatable bonds is 20. The van der Waals surface area contributed by atoms with Crippen molar-refractivity contribution in [2.45, 2.75) is 110 Å². The number of aromatic hydroxyl groups is 1. The van der Waals surface area contributed by atoms with Gasteiger partial charge in [0.1, 0.15) is 5.78 Å². The minimum Gasteiger partial charge on any atom is -0.504 e. The number of ketones is 1. The van der Waals surface area contributed by atoms with Crippen molar-refractivity contribution in [1.82, 2.24) is 9.55 Å². The number of nitrogens with one attached hydrogen (secondary N) is 1. The molecular formula is C37H52N4O6. The Morgan fingerprint density at radius 3 is 2.51 bits per heavy atom. The molecule has 3 atom stereocenters. The summed E-state index contributed by atoms with van der Waals surface area (Å²) < 4.78 is 7.89. The maximum atomic E-state index is 13.3. The molecule has 0 spiro atoms. The van der Waals surface area contributed by atoms with Crippen LogP contribution < -0.4 is 16.2 Å². The summed E-state index contributed by atoms with van der Waals surface area (Å²) in [5.41, 5.74) is 17.1. The van der Waals surface area contributed by atoms with Gasteiger partial charge in [-0.2, -0.15) is 0 Å². The van der Waals surface area contributed by atoms with Gasteiger partial charge in [0.25, 0.3) is 0 Å². The summed E-state index contributed by atoms with van der Waals surface area (Å²) in [6, 6.07) is 10.7. The number of aromatic amines is 1. The quantitative estimate of drug-likeness (QED) is 0.0497. The lowest BCUT2D eigenvalue weighted by Crippen LogP contribution is -2.32. The lowest BCUT2D eigenvalue weighted by atomic mass is 9.85. The van der Waals surface area contributed by atoms with Crippen LogP contribution in [0.1, 0.15) is 99.2 Å². The van der Waals surface area contributed by atoms with Crippen molar-refractivity contribution >= 4 is 16.7 Å². The topological polar surface area (TPSA) is 180 Å². The third kappa shape index (κ3) is 9.92. The van der Waals surface area contributed by atoms with Gasteiger partial charge in [0, 0.05) is 36.3 Å². The molecule has 0 fully saturated rings. The van der Waals surface area contributed by atoms with Gasteiger partial charge in [-0.05, 0) is 72.1 Å². The monoisotopic (exact) mass is 648 g/mol. The van der Waals surface area contributed by atoms with Gasteiger partial charge in [-0.3, -0.25) is 4.79 Å². The number of carbonyl (C=O) groups excluding carboxylic acids is 1. The van der Waals surface area contributed by atoms with Crippen LogP contribution in [-0.2, 0) is 31.0 Å². The molecule has 10 heteroatoms. The zero-order valence-corrected chi connectivity index (χ0v) is 27.7. The standard InChI is InChI=1S/C37H52N4O6/c1-3-5-6-8-30(35(46)18-29(43)7-4-2)33(44)13-9-24-10-14-34(45)36(15-24)47-23-41-20-31-28(19-40-32(31)21-41)17-27-16-25(37(38)39)11-12-26(27)22-42/h10-12,14-16,19-21,29-30,35,37,40,42-43,45-46H,3-9,13,17-18,22-23,38-39H2,1-2H3/t29-,30-,35-/m1/s1. The smallest absolute Gasteiger partial charge is 0.165 e. The second-order valence-electron chi connectivity index (χ2n) is 12.7. The van der Waals surface area contributed by atoms with Crippen LogP contribution in [0.15, 0.2) is 55.0 Å². The van der Waals surface area contributed by atoms with Crippen molar-refractivity contribution in [3.05, 3.63) is 82.8 Å². The van der Waals surface area contributed by atoms with E-state index in [1.54, 1.807) is 18.2 Å². The fourth-order valence-electron chi connectivity index (χ4n) is 6.22. The minimum atomic E-state index is -0.862. The van der Waals surface area contributed by atoms with Crippen molar-refractivity contribution in [1.29, 1.82) is 0 Å². The molecule has 0 aliphatic rings. The number of ether oxygens (including phenoxy) is 1. The fraction of sp³-hybridized carbons (Fsp3) is 0.486. The number of Topliss-reactive ketones (excluding diaryl/α,β-unsaturated/α-hetero) is 1. The van der Waals surface area contributed by atoms with E-state index in [1.165, 1.54) is 0 Å². The first kappa shape index (κ1) is 36.2. The zero-order valence-electron chi connectivity index (χ0n) is 27.7. The van der Waals surface area contributed by atoms with Crippen LogP contribution in [0, 0.1) is 5.92 Å². The predicted octanol–water partition coefficient (Wildman–Crippen LogP) is 5.32. The van der Waals surface area contributed by atoms with Crippen LogP contribution in [-0.4, -0.2) is 48.0 Å². The van der Waals surface area contributed by atoms with E-state index in [1.807, 2.05) is 48.3 Å². The summed E-state index contributed by atoms with van der Waals surface area (Å²) in [7, 11) is 0. The minimum absolute atomic E-state index is 0.00484. The molecule has 0 saturated heterocycles. The second kappa shape index (κ2) is 17.5. The molecule has 2 heterocycles. The van der Waals surface area contributed by atoms with Gasteiger partial charge >= 0.3 is 0 Å². The Labute approximate surface area is 277 Å². The second-order valence-corrected chi connectivity index (χ2v) is 12.7. The number of aromatic nitrogens is 2. The van der Waals surface area contributed by atoms with Gasteiger partial charge in [-0.15, -0.1) is 0 Å². The third-order valence-electron chi connectivity index (χ3n) is 8.98. The maximum absolute atomic E-state index is 13.3. The number of carbonyl (C=O) groups is 1. The Bertz CT molecular complexity index is 1580. The molecule has 2 aromatic carbocycles. The molecule has 0 aliphatic carbocycles. The van der Waals surface area contributed by atoms with Crippen LogP contribution in [0.5, 0.6) is 11.5 Å². The molecule has 0 radical (unpaired) electrons. The molecule has 0 aliphatic heterocycles. The highest BCUT2D eigenvalue weighted by Crippen LogP contribution is 2.30. The lowest BCUT2D eigenvalue weighted by Gasteiger charge is -2.24. The highest BCUT2D eigenvalue weighted by Gasteiger charge is 2.27. The van der Waals surface area contributed by atoms with Gasteiger partial charge in [0.05, 0.1) is 30.5 Å². The molecular weight excluding hydrogens is 596 g/mol. The van der Waals surface area contributed by atoms with Crippen molar-refractivity contribution in [3.8, 4) is 11.5 Å². The van der Waals surface area contributed by atoms with E-state index < -0.39 is 24.3 Å². The van der Waals surface area contributed by atoms with Crippen molar-refractivity contribution in [2.24, 2.45) is 17.4 Å². The summed E-state index contributed by atoms with van der Waals surface area (Å²) in [6.45, 7) is 4.16. The number of fused-ring (bicyclic) bond motifs is 1. The number of H-pyrrole nitrogens is 1. The van der Waals surface area contributed by atoms with Crippen LogP contribution in [0.25, 0.3) is 10.9 Å². The molecule has 0 unspecified atom stereocenters. The highest BCUT2D eigenvalue weighted by atomic mass is 16.5. The molecule has 2 aromatic heterocycles. The molecule has 10 nitrogen and oxygen atoms in total. The van der Waals surface area contributed by atoms with Crippen LogP contribution in [0.4, 0.5) is 0 Å². The number of hydrogen-bond donors (Lipinski definition) is 7. The molecule has 256 valence electrons.